The molecule has 2 aromatic rings. The fraction of sp³-hybridized carbons (Fsp3) is 0.333. The number of nitriles is 1. The lowest BCUT2D eigenvalue weighted by molar-refractivity contribution is 0.663. The quantitative estimate of drug-likeness (QED) is 0.843. The molecule has 1 aromatic carbocycles. The van der Waals surface area contributed by atoms with Gasteiger partial charge in [-0.15, -0.1) is 11.3 Å². The first-order valence-electron chi connectivity index (χ1n) is 5.38. The standard InChI is InChI=1S/C12H13N3S2/c1-14-9(8-13)6-7-16-12-15-10-4-2-3-5-11(10)17-12/h2-5,9,14H,6-7H2,1H3. The van der Waals surface area contributed by atoms with Gasteiger partial charge in [0, 0.05) is 5.75 Å². The summed E-state index contributed by atoms with van der Waals surface area (Å²) in [5.74, 6) is 0.916. The molecule has 0 saturated heterocycles. The number of benzene rings is 1. The van der Waals surface area contributed by atoms with Gasteiger partial charge >= 0.3 is 0 Å². The zero-order valence-electron chi connectivity index (χ0n) is 9.51. The molecule has 2 rings (SSSR count). The molecule has 0 radical (unpaired) electrons. The van der Waals surface area contributed by atoms with Crippen LogP contribution >= 0.6 is 23.1 Å². The number of nitrogens with one attached hydrogen (secondary N) is 1. The molecule has 1 unspecified atom stereocenters. The molecule has 1 atom stereocenters. The van der Waals surface area contributed by atoms with Crippen molar-refractivity contribution >= 4 is 33.3 Å². The fourth-order valence-electron chi connectivity index (χ4n) is 1.45. The van der Waals surface area contributed by atoms with E-state index in [-0.39, 0.29) is 6.04 Å². The smallest absolute Gasteiger partial charge is 0.151 e. The van der Waals surface area contributed by atoms with Crippen LogP contribution in [0.5, 0.6) is 0 Å². The molecular weight excluding hydrogens is 250 g/mol. The van der Waals surface area contributed by atoms with E-state index < -0.39 is 0 Å². The van der Waals surface area contributed by atoms with Crippen LogP contribution in [0.2, 0.25) is 0 Å². The van der Waals surface area contributed by atoms with Crippen LogP contribution in [0, 0.1) is 11.3 Å². The van der Waals surface area contributed by atoms with E-state index in [0.717, 1.165) is 22.0 Å². The van der Waals surface area contributed by atoms with Gasteiger partial charge in [-0.1, -0.05) is 23.9 Å². The maximum Gasteiger partial charge on any atom is 0.151 e. The highest BCUT2D eigenvalue weighted by molar-refractivity contribution is 8.01. The Kier molecular flexibility index (Phi) is 4.37. The van der Waals surface area contributed by atoms with E-state index in [1.807, 2.05) is 25.2 Å². The van der Waals surface area contributed by atoms with Crippen LogP contribution in [0.1, 0.15) is 6.42 Å². The lowest BCUT2D eigenvalue weighted by Crippen LogP contribution is -2.23. The first-order valence-corrected chi connectivity index (χ1v) is 7.19. The molecule has 0 bridgehead atoms. The highest BCUT2D eigenvalue weighted by Gasteiger charge is 2.06. The molecule has 1 N–H and O–H groups in total. The van der Waals surface area contributed by atoms with Gasteiger partial charge in [-0.2, -0.15) is 5.26 Å². The summed E-state index contributed by atoms with van der Waals surface area (Å²) in [6.07, 6.45) is 0.841. The predicted octanol–water partition coefficient (Wildman–Crippen LogP) is 2.89. The van der Waals surface area contributed by atoms with Crippen LogP contribution in [0.25, 0.3) is 10.2 Å². The Balaban J connectivity index is 1.93. The summed E-state index contributed by atoms with van der Waals surface area (Å²) in [5, 5.41) is 11.8. The second kappa shape index (κ2) is 6.01. The van der Waals surface area contributed by atoms with Gasteiger partial charge in [-0.3, -0.25) is 0 Å². The molecule has 5 heteroatoms. The third-order valence-corrected chi connectivity index (χ3v) is 4.62. The van der Waals surface area contributed by atoms with E-state index in [4.69, 9.17) is 5.26 Å². The van der Waals surface area contributed by atoms with E-state index in [1.165, 1.54) is 4.70 Å². The third-order valence-electron chi connectivity index (χ3n) is 2.41. The number of aromatic nitrogens is 1. The zero-order chi connectivity index (χ0) is 12.1. The number of hydrogen-bond acceptors (Lipinski definition) is 5. The van der Waals surface area contributed by atoms with Gasteiger partial charge in [0.2, 0.25) is 0 Å². The number of rotatable bonds is 5. The van der Waals surface area contributed by atoms with Crippen LogP contribution in [0.15, 0.2) is 28.6 Å². The van der Waals surface area contributed by atoms with Crippen LogP contribution < -0.4 is 5.32 Å². The second-order valence-corrected chi connectivity index (χ2v) is 5.93. The Morgan fingerprint density at radius 3 is 3.06 bits per heavy atom. The third kappa shape index (κ3) is 3.19. The number of thiazole rings is 1. The SMILES string of the molecule is CNC(C#N)CCSc1nc2ccccc2s1. The highest BCUT2D eigenvalue weighted by atomic mass is 32.2. The average Bonchev–Trinajstić information content (AvgIpc) is 2.77. The van der Waals surface area contributed by atoms with Crippen molar-refractivity contribution in [1.29, 1.82) is 5.26 Å². The molecule has 0 amide bonds. The van der Waals surface area contributed by atoms with Gasteiger partial charge in [-0.05, 0) is 25.6 Å². The molecule has 0 aliphatic rings. The first kappa shape index (κ1) is 12.4. The van der Waals surface area contributed by atoms with Crippen molar-refractivity contribution in [2.45, 2.75) is 16.8 Å². The van der Waals surface area contributed by atoms with Gasteiger partial charge in [0.25, 0.3) is 0 Å². The molecular formula is C12H13N3S2. The predicted molar refractivity (Wildman–Crippen MR) is 73.4 cm³/mol. The van der Waals surface area contributed by atoms with Crippen molar-refractivity contribution in [2.75, 3.05) is 12.8 Å². The molecule has 0 aliphatic carbocycles. The molecule has 88 valence electrons. The van der Waals surface area contributed by atoms with Crippen LogP contribution in [-0.2, 0) is 0 Å². The normalized spacial score (nSPS) is 12.5. The van der Waals surface area contributed by atoms with Crippen molar-refractivity contribution in [2.24, 2.45) is 0 Å². The molecule has 1 heterocycles. The van der Waals surface area contributed by atoms with Crippen LogP contribution in [-0.4, -0.2) is 23.8 Å². The van der Waals surface area contributed by atoms with Crippen LogP contribution in [0.3, 0.4) is 0 Å². The van der Waals surface area contributed by atoms with Gasteiger partial charge in [0.1, 0.15) is 0 Å². The van der Waals surface area contributed by atoms with Gasteiger partial charge in [0.15, 0.2) is 4.34 Å². The molecule has 0 saturated carbocycles. The topological polar surface area (TPSA) is 48.7 Å². The van der Waals surface area contributed by atoms with Crippen molar-refractivity contribution in [3.05, 3.63) is 24.3 Å². The number of thioether (sulfide) groups is 1. The summed E-state index contributed by atoms with van der Waals surface area (Å²) in [5.41, 5.74) is 1.06. The van der Waals surface area contributed by atoms with Crippen molar-refractivity contribution in [1.82, 2.24) is 10.3 Å². The largest absolute Gasteiger partial charge is 0.305 e. The van der Waals surface area contributed by atoms with Crippen molar-refractivity contribution < 1.29 is 0 Å². The van der Waals surface area contributed by atoms with Crippen molar-refractivity contribution in [3.63, 3.8) is 0 Å². The summed E-state index contributed by atoms with van der Waals surface area (Å²) >= 11 is 3.43. The summed E-state index contributed by atoms with van der Waals surface area (Å²) in [4.78, 5) is 4.54. The highest BCUT2D eigenvalue weighted by Crippen LogP contribution is 2.29. The number of para-hydroxylation sites is 1. The zero-order valence-corrected chi connectivity index (χ0v) is 11.1. The Morgan fingerprint density at radius 1 is 1.53 bits per heavy atom. The molecule has 0 fully saturated rings. The first-order chi connectivity index (χ1) is 8.33. The van der Waals surface area contributed by atoms with Gasteiger partial charge in [-0.25, -0.2) is 4.98 Å². The number of nitrogens with zero attached hydrogens (tertiary/aromatic N) is 2. The summed E-state index contributed by atoms with van der Waals surface area (Å²) in [6, 6.07) is 10.3. The molecule has 0 spiro atoms. The van der Waals surface area contributed by atoms with E-state index in [9.17, 15) is 0 Å². The van der Waals surface area contributed by atoms with Crippen molar-refractivity contribution in [3.8, 4) is 6.07 Å². The number of fused-ring (bicyclic) bond motifs is 1. The average molecular weight is 263 g/mol. The molecule has 17 heavy (non-hydrogen) atoms. The monoisotopic (exact) mass is 263 g/mol. The molecule has 1 aromatic heterocycles. The minimum atomic E-state index is -0.0584. The summed E-state index contributed by atoms with van der Waals surface area (Å²) in [6.45, 7) is 0. The van der Waals surface area contributed by atoms with E-state index in [2.05, 4.69) is 22.4 Å². The fourth-order valence-corrected chi connectivity index (χ4v) is 3.59. The lowest BCUT2D eigenvalue weighted by Gasteiger charge is -2.04. The summed E-state index contributed by atoms with van der Waals surface area (Å²) < 4.78 is 2.31. The minimum absolute atomic E-state index is 0.0584. The lowest BCUT2D eigenvalue weighted by atomic mass is 10.3. The summed E-state index contributed by atoms with van der Waals surface area (Å²) in [7, 11) is 1.82. The van der Waals surface area contributed by atoms with E-state index in [0.29, 0.717) is 0 Å². The maximum atomic E-state index is 8.80. The van der Waals surface area contributed by atoms with Gasteiger partial charge < -0.3 is 5.32 Å². The Morgan fingerprint density at radius 2 is 2.35 bits per heavy atom. The minimum Gasteiger partial charge on any atom is -0.305 e. The number of hydrogen-bond donors (Lipinski definition) is 1. The van der Waals surface area contributed by atoms with E-state index in [1.54, 1.807) is 23.1 Å². The second-order valence-electron chi connectivity index (χ2n) is 3.55. The van der Waals surface area contributed by atoms with Crippen LogP contribution in [0.4, 0.5) is 0 Å². The Bertz CT molecular complexity index is 497. The molecule has 0 aliphatic heterocycles. The Hall–Kier alpha value is -1.09. The van der Waals surface area contributed by atoms with Gasteiger partial charge in [0.05, 0.1) is 22.3 Å². The Labute approximate surface area is 109 Å². The van der Waals surface area contributed by atoms with E-state index >= 15 is 0 Å². The molecule has 3 nitrogen and oxygen atoms in total. The maximum absolute atomic E-state index is 8.80.